The maximum absolute atomic E-state index is 14.3. The zero-order valence-corrected chi connectivity index (χ0v) is 20.9. The fraction of sp³-hybridized carbons (Fsp3) is 0.217. The molecule has 1 atom stereocenters. The summed E-state index contributed by atoms with van der Waals surface area (Å²) in [5.41, 5.74) is 1.15. The molecule has 4 aromatic rings. The number of alkyl halides is 2. The van der Waals surface area contributed by atoms with E-state index in [2.05, 4.69) is 30.6 Å². The van der Waals surface area contributed by atoms with Crippen LogP contribution in [0.4, 0.5) is 14.6 Å². The largest absolute Gasteiger partial charge is 0.342 e. The van der Waals surface area contributed by atoms with E-state index in [4.69, 9.17) is 11.6 Å². The van der Waals surface area contributed by atoms with Crippen molar-refractivity contribution in [2.45, 2.75) is 25.8 Å². The number of anilines is 1. The normalized spacial score (nSPS) is 12.7. The van der Waals surface area contributed by atoms with Crippen molar-refractivity contribution in [3.8, 4) is 0 Å². The highest BCUT2D eigenvalue weighted by Gasteiger charge is 2.31. The summed E-state index contributed by atoms with van der Waals surface area (Å²) in [6.45, 7) is 3.18. The molecule has 0 saturated carbocycles. The third-order valence-electron chi connectivity index (χ3n) is 5.14. The molecule has 0 spiro atoms. The summed E-state index contributed by atoms with van der Waals surface area (Å²) in [6, 6.07) is 2.09. The van der Waals surface area contributed by atoms with Gasteiger partial charge in [-0.15, -0.1) is 11.3 Å². The summed E-state index contributed by atoms with van der Waals surface area (Å²) in [4.78, 5) is 42.0. The zero-order valence-electron chi connectivity index (χ0n) is 19.3. The van der Waals surface area contributed by atoms with Crippen molar-refractivity contribution >= 4 is 51.6 Å². The van der Waals surface area contributed by atoms with Crippen LogP contribution in [-0.4, -0.2) is 36.3 Å². The van der Waals surface area contributed by atoms with E-state index in [-0.39, 0.29) is 21.4 Å². The van der Waals surface area contributed by atoms with E-state index >= 15 is 0 Å². The fourth-order valence-electron chi connectivity index (χ4n) is 3.31. The van der Waals surface area contributed by atoms with Crippen LogP contribution in [0, 0.1) is 0 Å². The van der Waals surface area contributed by atoms with Crippen molar-refractivity contribution in [1.29, 1.82) is 0 Å². The maximum Gasteiger partial charge on any atom is 0.293 e. The molecular weight excluding hydrogens is 512 g/mol. The van der Waals surface area contributed by atoms with E-state index in [1.54, 1.807) is 30.1 Å². The lowest BCUT2D eigenvalue weighted by Crippen LogP contribution is -2.27. The number of imidazole rings is 1. The van der Waals surface area contributed by atoms with E-state index < -0.39 is 29.3 Å². The summed E-state index contributed by atoms with van der Waals surface area (Å²) in [5, 5.41) is 5.51. The average molecular weight is 532 g/mol. The first-order chi connectivity index (χ1) is 17.1. The Bertz CT molecular complexity index is 1480. The number of hydrogen-bond acceptors (Lipinski definition) is 7. The van der Waals surface area contributed by atoms with Gasteiger partial charge in [-0.3, -0.25) is 9.59 Å². The van der Waals surface area contributed by atoms with Crippen molar-refractivity contribution in [3.05, 3.63) is 75.4 Å². The van der Waals surface area contributed by atoms with Crippen LogP contribution >= 0.6 is 22.9 Å². The molecule has 0 aromatic carbocycles. The third-order valence-corrected chi connectivity index (χ3v) is 6.62. The molecule has 0 saturated heterocycles. The third kappa shape index (κ3) is 5.24. The molecule has 0 aliphatic heterocycles. The van der Waals surface area contributed by atoms with Crippen LogP contribution in [-0.2, 0) is 13.0 Å². The van der Waals surface area contributed by atoms with Gasteiger partial charge in [0.15, 0.2) is 0 Å². The summed E-state index contributed by atoms with van der Waals surface area (Å²) < 4.78 is 30.4. The fourth-order valence-corrected chi connectivity index (χ4v) is 4.36. The first-order valence-corrected chi connectivity index (χ1v) is 11.8. The van der Waals surface area contributed by atoms with Crippen molar-refractivity contribution in [1.82, 2.24) is 29.8 Å². The number of aryl methyl sites for hydroxylation is 1. The molecule has 186 valence electrons. The van der Waals surface area contributed by atoms with Gasteiger partial charge in [0, 0.05) is 18.8 Å². The number of halogens is 3. The first kappa shape index (κ1) is 25.3. The number of carbonyl (C=O) groups excluding carboxylic acids is 2. The van der Waals surface area contributed by atoms with Gasteiger partial charge in [-0.2, -0.15) is 8.78 Å². The summed E-state index contributed by atoms with van der Waals surface area (Å²) in [7, 11) is 1.83. The Morgan fingerprint density at radius 1 is 1.14 bits per heavy atom. The minimum atomic E-state index is -3.32. The number of nitrogens with zero attached hydrogens (tertiary/aromatic N) is 5. The van der Waals surface area contributed by atoms with Gasteiger partial charge in [-0.1, -0.05) is 17.7 Å². The minimum absolute atomic E-state index is 0.0872. The Balaban J connectivity index is 1.44. The van der Waals surface area contributed by atoms with Crippen LogP contribution in [0.25, 0.3) is 11.0 Å². The summed E-state index contributed by atoms with van der Waals surface area (Å²) >= 11 is 6.93. The van der Waals surface area contributed by atoms with Crippen molar-refractivity contribution in [2.24, 2.45) is 7.05 Å². The number of hydrogen-bond donors (Lipinski definition) is 2. The molecular formula is C23H20ClF2N7O2S. The number of pyridine rings is 2. The standard InChI is InChI=1S/C23H20ClF2N7O2S/c1-4-5-23(25,26)13-6-19(28-8-14(13)24)32-21(35)18-10-29-22(36-18)12(2)31-20(34)16-7-15-17(9-27-16)33(3)11-30-15/h4-12H,1-3H3,(H,31,34)(H,28,32,35). The van der Waals surface area contributed by atoms with Crippen molar-refractivity contribution in [2.75, 3.05) is 5.32 Å². The Morgan fingerprint density at radius 3 is 2.67 bits per heavy atom. The predicted octanol–water partition coefficient (Wildman–Crippen LogP) is 4.88. The molecule has 2 N–H and O–H groups in total. The van der Waals surface area contributed by atoms with E-state index in [1.807, 2.05) is 7.05 Å². The van der Waals surface area contributed by atoms with Crippen LogP contribution in [0.3, 0.4) is 0 Å². The minimum Gasteiger partial charge on any atom is -0.342 e. The number of aromatic nitrogens is 5. The summed E-state index contributed by atoms with van der Waals surface area (Å²) in [5.74, 6) is -4.42. The van der Waals surface area contributed by atoms with Crippen molar-refractivity contribution in [3.63, 3.8) is 0 Å². The molecule has 4 heterocycles. The van der Waals surface area contributed by atoms with Gasteiger partial charge in [0.05, 0.1) is 40.8 Å². The quantitative estimate of drug-likeness (QED) is 0.328. The van der Waals surface area contributed by atoms with Gasteiger partial charge >= 0.3 is 0 Å². The Hall–Kier alpha value is -3.77. The highest BCUT2D eigenvalue weighted by Crippen LogP contribution is 2.35. The van der Waals surface area contributed by atoms with Crippen molar-refractivity contribution < 1.29 is 18.4 Å². The molecule has 0 bridgehead atoms. The molecule has 2 amide bonds. The summed E-state index contributed by atoms with van der Waals surface area (Å²) in [6.07, 6.45) is 7.50. The van der Waals surface area contributed by atoms with Gasteiger partial charge in [0.25, 0.3) is 17.7 Å². The van der Waals surface area contributed by atoms with E-state index in [9.17, 15) is 18.4 Å². The first-order valence-electron chi connectivity index (χ1n) is 10.6. The lowest BCUT2D eigenvalue weighted by molar-refractivity contribution is 0.0520. The second-order valence-electron chi connectivity index (χ2n) is 7.80. The molecule has 1 unspecified atom stereocenters. The van der Waals surface area contributed by atoms with Crippen LogP contribution in [0.15, 0.2) is 49.2 Å². The zero-order chi connectivity index (χ0) is 26.0. The highest BCUT2D eigenvalue weighted by atomic mass is 35.5. The maximum atomic E-state index is 14.3. The lowest BCUT2D eigenvalue weighted by Gasteiger charge is -2.15. The van der Waals surface area contributed by atoms with Gasteiger partial charge in [-0.05, 0) is 32.1 Å². The van der Waals surface area contributed by atoms with Crippen LogP contribution in [0.1, 0.15) is 50.6 Å². The number of thiazole rings is 1. The van der Waals surface area contributed by atoms with Gasteiger partial charge in [-0.25, -0.2) is 19.9 Å². The molecule has 0 aliphatic carbocycles. The smallest absolute Gasteiger partial charge is 0.293 e. The number of fused-ring (bicyclic) bond motifs is 1. The molecule has 4 rings (SSSR count). The lowest BCUT2D eigenvalue weighted by atomic mass is 10.1. The van der Waals surface area contributed by atoms with Gasteiger partial charge in [0.2, 0.25) is 0 Å². The number of amides is 2. The number of allylic oxidation sites excluding steroid dienone is 2. The van der Waals surface area contributed by atoms with Gasteiger partial charge in [0.1, 0.15) is 21.4 Å². The van der Waals surface area contributed by atoms with E-state index in [1.165, 1.54) is 19.2 Å². The van der Waals surface area contributed by atoms with E-state index in [0.29, 0.717) is 16.6 Å². The van der Waals surface area contributed by atoms with Crippen LogP contribution in [0.2, 0.25) is 5.02 Å². The molecule has 36 heavy (non-hydrogen) atoms. The topological polar surface area (TPSA) is 115 Å². The Kier molecular flexibility index (Phi) is 7.09. The number of rotatable bonds is 7. The monoisotopic (exact) mass is 531 g/mol. The average Bonchev–Trinajstić information content (AvgIpc) is 3.47. The number of nitrogens with one attached hydrogen (secondary N) is 2. The second kappa shape index (κ2) is 10.1. The predicted molar refractivity (Wildman–Crippen MR) is 132 cm³/mol. The SMILES string of the molecule is CC=CC(F)(F)c1cc(NC(=O)c2cnc(C(C)NC(=O)c3cc4ncn(C)c4cn3)s2)ncc1Cl. The molecule has 4 aromatic heterocycles. The number of carbonyl (C=O) groups is 2. The Morgan fingerprint density at radius 2 is 1.92 bits per heavy atom. The molecule has 9 nitrogen and oxygen atoms in total. The molecule has 0 fully saturated rings. The molecule has 13 heteroatoms. The molecule has 0 aliphatic rings. The van der Waals surface area contributed by atoms with E-state index in [0.717, 1.165) is 29.1 Å². The molecule has 0 radical (unpaired) electrons. The second-order valence-corrected chi connectivity index (χ2v) is 9.27. The van der Waals surface area contributed by atoms with Crippen LogP contribution in [0.5, 0.6) is 0 Å². The van der Waals surface area contributed by atoms with Crippen LogP contribution < -0.4 is 10.6 Å². The highest BCUT2D eigenvalue weighted by molar-refractivity contribution is 7.13. The van der Waals surface area contributed by atoms with Gasteiger partial charge < -0.3 is 15.2 Å². The Labute approximate surface area is 213 Å².